The average molecular weight is 483 g/mol. The smallest absolute Gasteiger partial charge is 0.297 e. The summed E-state index contributed by atoms with van der Waals surface area (Å²) >= 11 is 4.82. The number of halogens is 1. The second-order valence-electron chi connectivity index (χ2n) is 6.71. The van der Waals surface area contributed by atoms with Crippen LogP contribution < -0.4 is 15.1 Å². The molecule has 1 amide bonds. The van der Waals surface area contributed by atoms with E-state index in [1.54, 1.807) is 29.8 Å². The van der Waals surface area contributed by atoms with Crippen molar-refractivity contribution < 1.29 is 13.9 Å². The number of nitrogens with zero attached hydrogens (tertiary/aromatic N) is 2. The van der Waals surface area contributed by atoms with E-state index in [-0.39, 0.29) is 17.1 Å². The lowest BCUT2D eigenvalue weighted by Crippen LogP contribution is -2.29. The lowest BCUT2D eigenvalue weighted by Gasteiger charge is -2.22. The number of benzene rings is 2. The molecule has 3 heterocycles. The summed E-state index contributed by atoms with van der Waals surface area (Å²) in [6, 6.07) is 12.0. The maximum absolute atomic E-state index is 13.5. The van der Waals surface area contributed by atoms with Crippen molar-refractivity contribution in [3.63, 3.8) is 0 Å². The molecule has 1 aliphatic rings. The van der Waals surface area contributed by atoms with Crippen LogP contribution in [0.2, 0.25) is 0 Å². The average Bonchev–Trinajstić information content (AvgIpc) is 3.35. The van der Waals surface area contributed by atoms with E-state index >= 15 is 0 Å². The van der Waals surface area contributed by atoms with Gasteiger partial charge in [0.1, 0.15) is 11.3 Å². The third-order valence-corrected chi connectivity index (χ3v) is 6.21. The largest absolute Gasteiger partial charge is 0.494 e. The van der Waals surface area contributed by atoms with Gasteiger partial charge >= 0.3 is 0 Å². The number of hydrogen-bond donors (Lipinski definition) is 0. The summed E-state index contributed by atoms with van der Waals surface area (Å²) in [5.74, 6) is 0.242. The summed E-state index contributed by atoms with van der Waals surface area (Å²) in [5, 5.41) is 2.71. The summed E-state index contributed by atoms with van der Waals surface area (Å²) in [7, 11) is 0. The first-order chi connectivity index (χ1) is 14.6. The van der Waals surface area contributed by atoms with Crippen LogP contribution in [0.4, 0.5) is 5.13 Å². The predicted molar refractivity (Wildman–Crippen MR) is 119 cm³/mol. The Hall–Kier alpha value is -2.97. The van der Waals surface area contributed by atoms with Gasteiger partial charge in [-0.25, -0.2) is 4.98 Å². The number of rotatable bonds is 4. The van der Waals surface area contributed by atoms with E-state index in [1.165, 1.54) is 16.2 Å². The van der Waals surface area contributed by atoms with Gasteiger partial charge in [-0.15, -0.1) is 11.3 Å². The normalized spacial score (nSPS) is 15.6. The van der Waals surface area contributed by atoms with Gasteiger partial charge in [-0.1, -0.05) is 28.1 Å². The molecule has 0 spiro atoms. The number of carbonyl (C=O) groups is 1. The fourth-order valence-electron chi connectivity index (χ4n) is 3.73. The van der Waals surface area contributed by atoms with E-state index in [2.05, 4.69) is 20.9 Å². The fourth-order valence-corrected chi connectivity index (χ4v) is 4.82. The topological polar surface area (TPSA) is 72.6 Å². The zero-order valence-electron chi connectivity index (χ0n) is 15.8. The first kappa shape index (κ1) is 19.0. The number of anilines is 1. The number of fused-ring (bicyclic) bond motifs is 2. The van der Waals surface area contributed by atoms with Crippen LogP contribution in [-0.4, -0.2) is 17.5 Å². The summed E-state index contributed by atoms with van der Waals surface area (Å²) < 4.78 is 12.4. The SMILES string of the molecule is CCOc1ccc2c(=O)c3c(oc2c1)C(=O)N(c1nccs1)C3c1cccc(Br)c1. The van der Waals surface area contributed by atoms with E-state index in [4.69, 9.17) is 9.15 Å². The van der Waals surface area contributed by atoms with Crippen LogP contribution in [0.5, 0.6) is 5.75 Å². The Bertz CT molecular complexity index is 1330. The molecule has 5 rings (SSSR count). The van der Waals surface area contributed by atoms with Crippen LogP contribution in [0.15, 0.2) is 67.7 Å². The van der Waals surface area contributed by atoms with Gasteiger partial charge in [0.25, 0.3) is 5.91 Å². The zero-order chi connectivity index (χ0) is 20.8. The van der Waals surface area contributed by atoms with E-state index < -0.39 is 6.04 Å². The molecule has 1 aliphatic heterocycles. The van der Waals surface area contributed by atoms with Crippen LogP contribution in [0, 0.1) is 0 Å². The van der Waals surface area contributed by atoms with Crippen molar-refractivity contribution in [1.29, 1.82) is 0 Å². The minimum absolute atomic E-state index is 0.0429. The molecule has 0 aliphatic carbocycles. The highest BCUT2D eigenvalue weighted by molar-refractivity contribution is 9.10. The number of ether oxygens (including phenoxy) is 1. The highest BCUT2D eigenvalue weighted by atomic mass is 79.9. The molecular weight excluding hydrogens is 468 g/mol. The Morgan fingerprint density at radius 1 is 1.23 bits per heavy atom. The third-order valence-electron chi connectivity index (χ3n) is 4.94. The van der Waals surface area contributed by atoms with Crippen molar-refractivity contribution in [3.05, 3.63) is 85.6 Å². The first-order valence-electron chi connectivity index (χ1n) is 9.30. The van der Waals surface area contributed by atoms with Crippen LogP contribution in [0.1, 0.15) is 34.6 Å². The van der Waals surface area contributed by atoms with E-state index in [1.807, 2.05) is 31.2 Å². The standard InChI is InChI=1S/C22H15BrN2O4S/c1-2-28-14-6-7-15-16(11-14)29-20-17(19(15)26)18(12-4-3-5-13(23)10-12)25(21(20)27)22-24-8-9-30-22/h3-11,18H,2H2,1H3. The van der Waals surface area contributed by atoms with Gasteiger partial charge in [-0.05, 0) is 36.8 Å². The van der Waals surface area contributed by atoms with E-state index in [0.29, 0.717) is 34.0 Å². The second-order valence-corrected chi connectivity index (χ2v) is 8.50. The number of aromatic nitrogens is 1. The van der Waals surface area contributed by atoms with Crippen molar-refractivity contribution >= 4 is 49.3 Å². The monoisotopic (exact) mass is 482 g/mol. The number of hydrogen-bond acceptors (Lipinski definition) is 6. The zero-order valence-corrected chi connectivity index (χ0v) is 18.2. The minimum Gasteiger partial charge on any atom is -0.494 e. The van der Waals surface area contributed by atoms with Crippen molar-refractivity contribution in [3.8, 4) is 5.75 Å². The third kappa shape index (κ3) is 2.95. The van der Waals surface area contributed by atoms with Gasteiger partial charge in [0.2, 0.25) is 5.76 Å². The van der Waals surface area contributed by atoms with Crippen LogP contribution >= 0.6 is 27.3 Å². The highest BCUT2D eigenvalue weighted by Gasteiger charge is 2.44. The van der Waals surface area contributed by atoms with Gasteiger partial charge in [-0.3, -0.25) is 14.5 Å². The molecule has 6 nitrogen and oxygen atoms in total. The molecule has 0 fully saturated rings. The summed E-state index contributed by atoms with van der Waals surface area (Å²) in [4.78, 5) is 32.7. The fraction of sp³-hybridized carbons (Fsp3) is 0.136. The molecule has 0 saturated heterocycles. The Kier molecular flexibility index (Phi) is 4.67. The summed E-state index contributed by atoms with van der Waals surface area (Å²) in [6.45, 7) is 2.36. The van der Waals surface area contributed by atoms with Gasteiger partial charge in [0, 0.05) is 22.1 Å². The van der Waals surface area contributed by atoms with Crippen molar-refractivity contribution in [2.45, 2.75) is 13.0 Å². The molecule has 1 unspecified atom stereocenters. The summed E-state index contributed by atoms with van der Waals surface area (Å²) in [5.41, 5.74) is 1.22. The van der Waals surface area contributed by atoms with Crippen LogP contribution in [0.25, 0.3) is 11.0 Å². The molecule has 8 heteroatoms. The molecule has 0 bridgehead atoms. The van der Waals surface area contributed by atoms with Crippen molar-refractivity contribution in [2.75, 3.05) is 11.5 Å². The lowest BCUT2D eigenvalue weighted by atomic mass is 9.99. The molecule has 1 atom stereocenters. The van der Waals surface area contributed by atoms with Crippen molar-refractivity contribution in [1.82, 2.24) is 4.98 Å². The van der Waals surface area contributed by atoms with E-state index in [0.717, 1.165) is 10.0 Å². The number of carbonyl (C=O) groups excluding carboxylic acids is 1. The van der Waals surface area contributed by atoms with Crippen LogP contribution in [0.3, 0.4) is 0 Å². The van der Waals surface area contributed by atoms with Gasteiger partial charge in [-0.2, -0.15) is 0 Å². The Morgan fingerprint density at radius 2 is 2.10 bits per heavy atom. The minimum atomic E-state index is -0.622. The number of thiazole rings is 1. The van der Waals surface area contributed by atoms with Crippen molar-refractivity contribution in [2.24, 2.45) is 0 Å². The number of amides is 1. The molecule has 0 radical (unpaired) electrons. The molecule has 0 N–H and O–H groups in total. The highest BCUT2D eigenvalue weighted by Crippen LogP contribution is 2.42. The second kappa shape index (κ2) is 7.37. The molecule has 30 heavy (non-hydrogen) atoms. The van der Waals surface area contributed by atoms with Gasteiger partial charge in [0.15, 0.2) is 10.6 Å². The lowest BCUT2D eigenvalue weighted by molar-refractivity contribution is 0.0971. The molecule has 0 saturated carbocycles. The Balaban J connectivity index is 1.79. The predicted octanol–water partition coefficient (Wildman–Crippen LogP) is 5.16. The maximum atomic E-state index is 13.5. The van der Waals surface area contributed by atoms with E-state index in [9.17, 15) is 9.59 Å². The Morgan fingerprint density at radius 3 is 2.83 bits per heavy atom. The molecular formula is C22H15BrN2O4S. The Labute approximate surface area is 183 Å². The maximum Gasteiger partial charge on any atom is 0.297 e. The molecule has 150 valence electrons. The van der Waals surface area contributed by atoms with Gasteiger partial charge in [0.05, 0.1) is 23.6 Å². The van der Waals surface area contributed by atoms with Gasteiger partial charge < -0.3 is 9.15 Å². The molecule has 4 aromatic rings. The molecule has 2 aromatic heterocycles. The van der Waals surface area contributed by atoms with Crippen LogP contribution in [-0.2, 0) is 0 Å². The molecule has 2 aromatic carbocycles. The quantitative estimate of drug-likeness (QED) is 0.401. The summed E-state index contributed by atoms with van der Waals surface area (Å²) in [6.07, 6.45) is 1.63. The first-order valence-corrected chi connectivity index (χ1v) is 11.0.